The number of carbonyl (C=O) groups excluding carboxylic acids is 3. The number of anilines is 2. The number of benzene rings is 2. The van der Waals surface area contributed by atoms with Gasteiger partial charge in [0, 0.05) is 18.3 Å². The molecule has 0 radical (unpaired) electrons. The normalized spacial score (nSPS) is 9.80. The van der Waals surface area contributed by atoms with Gasteiger partial charge < -0.3 is 20.7 Å². The summed E-state index contributed by atoms with van der Waals surface area (Å²) in [6.45, 7) is 1.05. The van der Waals surface area contributed by atoms with Gasteiger partial charge in [0.25, 0.3) is 5.91 Å². The van der Waals surface area contributed by atoms with Gasteiger partial charge in [-0.3, -0.25) is 14.4 Å². The van der Waals surface area contributed by atoms with E-state index in [4.69, 9.17) is 4.74 Å². The van der Waals surface area contributed by atoms with Crippen LogP contribution in [0.3, 0.4) is 0 Å². The van der Waals surface area contributed by atoms with Gasteiger partial charge in [-0.05, 0) is 30.3 Å². The molecule has 0 heterocycles. The van der Waals surface area contributed by atoms with Crippen LogP contribution in [0.1, 0.15) is 6.92 Å². The van der Waals surface area contributed by atoms with E-state index in [0.29, 0.717) is 17.1 Å². The molecule has 3 N–H and O–H groups in total. The first kappa shape index (κ1) is 18.0. The van der Waals surface area contributed by atoms with E-state index in [1.807, 2.05) is 6.07 Å². The van der Waals surface area contributed by atoms with Gasteiger partial charge in [0.1, 0.15) is 5.75 Å². The zero-order valence-electron chi connectivity index (χ0n) is 13.7. The van der Waals surface area contributed by atoms with E-state index in [-0.39, 0.29) is 25.0 Å². The maximum atomic E-state index is 11.9. The Kier molecular flexibility index (Phi) is 6.53. The number of carbonyl (C=O) groups is 3. The van der Waals surface area contributed by atoms with Crippen molar-refractivity contribution in [1.29, 1.82) is 0 Å². The van der Waals surface area contributed by atoms with Crippen LogP contribution in [0.2, 0.25) is 0 Å². The average molecular weight is 341 g/mol. The summed E-state index contributed by atoms with van der Waals surface area (Å²) in [5.74, 6) is -0.398. The molecule has 0 saturated heterocycles. The van der Waals surface area contributed by atoms with Crippen LogP contribution in [0.4, 0.5) is 11.4 Å². The monoisotopic (exact) mass is 341 g/mol. The van der Waals surface area contributed by atoms with Crippen LogP contribution in [0.15, 0.2) is 54.6 Å². The molecule has 0 spiro atoms. The molecule has 0 aromatic heterocycles. The second-order valence-corrected chi connectivity index (χ2v) is 5.19. The summed E-state index contributed by atoms with van der Waals surface area (Å²) in [4.78, 5) is 34.6. The summed E-state index contributed by atoms with van der Waals surface area (Å²) in [6.07, 6.45) is 0. The summed E-state index contributed by atoms with van der Waals surface area (Å²) in [6, 6.07) is 15.6. The molecule has 0 aliphatic rings. The van der Waals surface area contributed by atoms with Crippen LogP contribution < -0.4 is 20.7 Å². The number of amides is 3. The number of hydrogen-bond donors (Lipinski definition) is 3. The molecule has 2 rings (SSSR count). The summed E-state index contributed by atoms with van der Waals surface area (Å²) in [7, 11) is 0. The highest BCUT2D eigenvalue weighted by Crippen LogP contribution is 2.14. The van der Waals surface area contributed by atoms with Gasteiger partial charge in [-0.15, -0.1) is 0 Å². The van der Waals surface area contributed by atoms with Crippen LogP contribution in [0.25, 0.3) is 0 Å². The molecule has 2 aromatic rings. The van der Waals surface area contributed by atoms with Crippen molar-refractivity contribution in [3.8, 4) is 5.75 Å². The Hall–Kier alpha value is -3.35. The second-order valence-electron chi connectivity index (χ2n) is 5.19. The number of rotatable bonds is 7. The summed E-state index contributed by atoms with van der Waals surface area (Å²) in [5.41, 5.74) is 1.09. The molecule has 0 fully saturated rings. The Morgan fingerprint density at radius 3 is 2.24 bits per heavy atom. The Bertz CT molecular complexity index is 747. The van der Waals surface area contributed by atoms with Crippen LogP contribution in [0, 0.1) is 0 Å². The van der Waals surface area contributed by atoms with Gasteiger partial charge in [-0.25, -0.2) is 0 Å². The molecule has 3 amide bonds. The summed E-state index contributed by atoms with van der Waals surface area (Å²) >= 11 is 0. The van der Waals surface area contributed by atoms with E-state index < -0.39 is 5.91 Å². The fourth-order valence-corrected chi connectivity index (χ4v) is 1.98. The van der Waals surface area contributed by atoms with Crippen molar-refractivity contribution in [3.63, 3.8) is 0 Å². The average Bonchev–Trinajstić information content (AvgIpc) is 2.59. The summed E-state index contributed by atoms with van der Waals surface area (Å²) < 4.78 is 5.29. The number of ether oxygens (including phenoxy) is 1. The van der Waals surface area contributed by atoms with Gasteiger partial charge in [-0.2, -0.15) is 0 Å². The topological polar surface area (TPSA) is 96.5 Å². The fourth-order valence-electron chi connectivity index (χ4n) is 1.98. The molecule has 130 valence electrons. The van der Waals surface area contributed by atoms with E-state index in [2.05, 4.69) is 16.0 Å². The highest BCUT2D eigenvalue weighted by molar-refractivity contribution is 5.96. The van der Waals surface area contributed by atoms with E-state index in [1.165, 1.54) is 6.92 Å². The van der Waals surface area contributed by atoms with Crippen molar-refractivity contribution in [1.82, 2.24) is 5.32 Å². The van der Waals surface area contributed by atoms with E-state index in [9.17, 15) is 14.4 Å². The molecule has 7 nitrogen and oxygen atoms in total. The van der Waals surface area contributed by atoms with Crippen molar-refractivity contribution < 1.29 is 19.1 Å². The lowest BCUT2D eigenvalue weighted by atomic mass is 10.2. The number of para-hydroxylation sites is 1. The van der Waals surface area contributed by atoms with Crippen LogP contribution in [0.5, 0.6) is 5.75 Å². The third kappa shape index (κ3) is 6.74. The van der Waals surface area contributed by atoms with E-state index in [1.54, 1.807) is 48.5 Å². The van der Waals surface area contributed by atoms with Crippen molar-refractivity contribution >= 4 is 29.1 Å². The quantitative estimate of drug-likeness (QED) is 0.715. The van der Waals surface area contributed by atoms with Gasteiger partial charge in [-0.1, -0.05) is 24.3 Å². The molecule has 0 aliphatic heterocycles. The molecule has 0 saturated carbocycles. The highest BCUT2D eigenvalue weighted by Gasteiger charge is 2.07. The minimum Gasteiger partial charge on any atom is -0.484 e. The zero-order valence-corrected chi connectivity index (χ0v) is 13.7. The highest BCUT2D eigenvalue weighted by atomic mass is 16.5. The Morgan fingerprint density at radius 1 is 0.880 bits per heavy atom. The fraction of sp³-hybridized carbons (Fsp3) is 0.167. The molecule has 0 bridgehead atoms. The van der Waals surface area contributed by atoms with Crippen LogP contribution >= 0.6 is 0 Å². The van der Waals surface area contributed by atoms with Crippen molar-refractivity contribution in [2.45, 2.75) is 6.92 Å². The first-order chi connectivity index (χ1) is 12.0. The maximum Gasteiger partial charge on any atom is 0.258 e. The van der Waals surface area contributed by atoms with Crippen molar-refractivity contribution in [2.75, 3.05) is 23.8 Å². The van der Waals surface area contributed by atoms with Gasteiger partial charge in [0.05, 0.1) is 6.54 Å². The second kappa shape index (κ2) is 9.07. The largest absolute Gasteiger partial charge is 0.484 e. The molecule has 2 aromatic carbocycles. The molecule has 0 unspecified atom stereocenters. The minimum atomic E-state index is -0.397. The lowest BCUT2D eigenvalue weighted by molar-refractivity contribution is -0.125. The zero-order chi connectivity index (χ0) is 18.1. The van der Waals surface area contributed by atoms with Crippen molar-refractivity contribution in [2.24, 2.45) is 0 Å². The maximum absolute atomic E-state index is 11.9. The molecule has 25 heavy (non-hydrogen) atoms. The van der Waals surface area contributed by atoms with Crippen LogP contribution in [-0.2, 0) is 14.4 Å². The number of nitrogens with one attached hydrogen (secondary N) is 3. The smallest absolute Gasteiger partial charge is 0.258 e. The van der Waals surface area contributed by atoms with E-state index >= 15 is 0 Å². The number of hydrogen-bond acceptors (Lipinski definition) is 4. The third-order valence-electron chi connectivity index (χ3n) is 3.03. The van der Waals surface area contributed by atoms with Crippen LogP contribution in [-0.4, -0.2) is 30.9 Å². The van der Waals surface area contributed by atoms with Gasteiger partial charge >= 0.3 is 0 Å². The Morgan fingerprint density at radius 2 is 1.56 bits per heavy atom. The predicted molar refractivity (Wildman–Crippen MR) is 94.3 cm³/mol. The van der Waals surface area contributed by atoms with Gasteiger partial charge in [0.15, 0.2) is 6.61 Å². The van der Waals surface area contributed by atoms with Gasteiger partial charge in [0.2, 0.25) is 11.8 Å². The lowest BCUT2D eigenvalue weighted by Gasteiger charge is -2.09. The first-order valence-electron chi connectivity index (χ1n) is 7.65. The third-order valence-corrected chi connectivity index (χ3v) is 3.03. The molecule has 0 atom stereocenters. The first-order valence-corrected chi connectivity index (χ1v) is 7.65. The molecule has 0 aliphatic carbocycles. The Balaban J connectivity index is 1.74. The standard InChI is InChI=1S/C18H19N3O4/c1-13(22)20-14-6-5-7-15(10-14)21-17(23)11-19-18(24)12-25-16-8-3-2-4-9-16/h2-10H,11-12H2,1H3,(H,19,24)(H,20,22)(H,21,23). The van der Waals surface area contributed by atoms with Crippen molar-refractivity contribution in [3.05, 3.63) is 54.6 Å². The Labute approximate surface area is 145 Å². The lowest BCUT2D eigenvalue weighted by Crippen LogP contribution is -2.35. The molecule has 7 heteroatoms. The SMILES string of the molecule is CC(=O)Nc1cccc(NC(=O)CNC(=O)COc2ccccc2)c1. The molecular weight excluding hydrogens is 322 g/mol. The minimum absolute atomic E-state index is 0.171. The summed E-state index contributed by atoms with van der Waals surface area (Å²) in [5, 5.41) is 7.74. The predicted octanol–water partition coefficient (Wildman–Crippen LogP) is 1.78. The molecular formula is C18H19N3O4. The van der Waals surface area contributed by atoms with E-state index in [0.717, 1.165) is 0 Å².